The van der Waals surface area contributed by atoms with E-state index in [2.05, 4.69) is 15.0 Å². The van der Waals surface area contributed by atoms with E-state index in [-0.39, 0.29) is 5.65 Å². The summed E-state index contributed by atoms with van der Waals surface area (Å²) in [5.74, 6) is -2.94. The maximum absolute atomic E-state index is 13.9. The first-order chi connectivity index (χ1) is 9.48. The van der Waals surface area contributed by atoms with E-state index < -0.39 is 31.0 Å². The number of hydrogen-bond acceptors (Lipinski definition) is 6. The number of fused-ring (bicyclic) bond motifs is 1. The lowest BCUT2D eigenvalue weighted by Crippen LogP contribution is -2.39. The molecule has 0 saturated carbocycles. The Kier molecular flexibility index (Phi) is 2.92. The van der Waals surface area contributed by atoms with Crippen LogP contribution in [0.5, 0.6) is 0 Å². The van der Waals surface area contributed by atoms with Crippen LogP contribution < -0.4 is 0 Å². The van der Waals surface area contributed by atoms with Gasteiger partial charge in [-0.3, -0.25) is 4.57 Å². The van der Waals surface area contributed by atoms with E-state index in [0.29, 0.717) is 11.2 Å². The Morgan fingerprint density at radius 2 is 2.20 bits per heavy atom. The van der Waals surface area contributed by atoms with Crippen molar-refractivity contribution in [2.24, 2.45) is 0 Å². The smallest absolute Gasteiger partial charge is 0.268 e. The summed E-state index contributed by atoms with van der Waals surface area (Å²) < 4.78 is 33.7. The number of aryl methyl sites for hydroxylation is 1. The van der Waals surface area contributed by atoms with Crippen LogP contribution in [-0.4, -0.2) is 54.5 Å². The molecule has 7 nitrogen and oxygen atoms in total. The molecule has 1 aliphatic heterocycles. The van der Waals surface area contributed by atoms with Crippen LogP contribution in [0, 0.1) is 6.92 Å². The molecule has 1 saturated heterocycles. The van der Waals surface area contributed by atoms with Crippen molar-refractivity contribution in [3.8, 4) is 0 Å². The van der Waals surface area contributed by atoms with Gasteiger partial charge in [-0.15, -0.1) is 0 Å². The molecule has 9 heteroatoms. The second-order valence-corrected chi connectivity index (χ2v) is 4.63. The standard InChI is InChI=1S/C11H12F2N4O3/c1-5-6-9(15-3-14-5)17(4-16-6)10-7(19)8(12)11(13,2-18)20-10/h3-4,7-8,10,18-19H,2H2,1H3/t7-,8+,10-,11-/m1/s1. The molecule has 20 heavy (non-hydrogen) atoms. The average molecular weight is 286 g/mol. The topological polar surface area (TPSA) is 93.3 Å². The Labute approximate surface area is 111 Å². The van der Waals surface area contributed by atoms with E-state index in [9.17, 15) is 13.9 Å². The highest BCUT2D eigenvalue weighted by Crippen LogP contribution is 2.40. The van der Waals surface area contributed by atoms with Crippen LogP contribution in [0.1, 0.15) is 11.9 Å². The van der Waals surface area contributed by atoms with Gasteiger partial charge < -0.3 is 14.9 Å². The lowest BCUT2D eigenvalue weighted by Gasteiger charge is -2.18. The fourth-order valence-corrected chi connectivity index (χ4v) is 2.24. The zero-order valence-electron chi connectivity index (χ0n) is 10.4. The van der Waals surface area contributed by atoms with Gasteiger partial charge in [0.05, 0.1) is 12.0 Å². The number of aromatic nitrogens is 4. The molecule has 2 aromatic heterocycles. The fraction of sp³-hybridized carbons (Fsp3) is 0.545. The van der Waals surface area contributed by atoms with Crippen molar-refractivity contribution < 1.29 is 23.7 Å². The Bertz CT molecular complexity index is 652. The SMILES string of the molecule is Cc1ncnc2c1ncn2[C@@H]1O[C@](F)(CO)[C@@H](F)[C@H]1O. The third kappa shape index (κ3) is 1.70. The van der Waals surface area contributed by atoms with Gasteiger partial charge in [-0.2, -0.15) is 0 Å². The monoisotopic (exact) mass is 286 g/mol. The molecule has 2 N–H and O–H groups in total. The summed E-state index contributed by atoms with van der Waals surface area (Å²) in [4.78, 5) is 12.0. The molecule has 4 atom stereocenters. The van der Waals surface area contributed by atoms with Crippen LogP contribution in [-0.2, 0) is 4.74 Å². The van der Waals surface area contributed by atoms with Crippen molar-refractivity contribution in [1.29, 1.82) is 0 Å². The van der Waals surface area contributed by atoms with Crippen molar-refractivity contribution in [2.45, 2.75) is 31.3 Å². The molecule has 0 unspecified atom stereocenters. The second kappa shape index (κ2) is 4.40. The highest BCUT2D eigenvalue weighted by Gasteiger charge is 2.57. The first kappa shape index (κ1) is 13.3. The van der Waals surface area contributed by atoms with Gasteiger partial charge in [0, 0.05) is 0 Å². The number of rotatable bonds is 2. The van der Waals surface area contributed by atoms with Crippen LogP contribution in [0.15, 0.2) is 12.7 Å². The van der Waals surface area contributed by atoms with Gasteiger partial charge in [0.25, 0.3) is 5.85 Å². The molecule has 2 aromatic rings. The molecule has 0 bridgehead atoms. The minimum Gasteiger partial charge on any atom is -0.390 e. The minimum absolute atomic E-state index is 0.288. The highest BCUT2D eigenvalue weighted by molar-refractivity contribution is 5.72. The Hall–Kier alpha value is -1.71. The van der Waals surface area contributed by atoms with Crippen molar-refractivity contribution in [1.82, 2.24) is 19.5 Å². The number of alkyl halides is 2. The first-order valence-corrected chi connectivity index (χ1v) is 5.92. The summed E-state index contributed by atoms with van der Waals surface area (Å²) in [6, 6.07) is 0. The van der Waals surface area contributed by atoms with Gasteiger partial charge in [-0.25, -0.2) is 23.7 Å². The van der Waals surface area contributed by atoms with Gasteiger partial charge in [0.1, 0.15) is 24.6 Å². The van der Waals surface area contributed by atoms with Gasteiger partial charge in [0.15, 0.2) is 18.0 Å². The zero-order valence-corrected chi connectivity index (χ0v) is 10.4. The van der Waals surface area contributed by atoms with Crippen LogP contribution in [0.3, 0.4) is 0 Å². The van der Waals surface area contributed by atoms with E-state index in [0.717, 1.165) is 0 Å². The fourth-order valence-electron chi connectivity index (χ4n) is 2.24. The molecule has 1 fully saturated rings. The summed E-state index contributed by atoms with van der Waals surface area (Å²) in [7, 11) is 0. The third-order valence-corrected chi connectivity index (χ3v) is 3.35. The molecule has 3 heterocycles. The first-order valence-electron chi connectivity index (χ1n) is 5.92. The largest absolute Gasteiger partial charge is 0.390 e. The van der Waals surface area contributed by atoms with E-state index in [1.165, 1.54) is 17.2 Å². The van der Waals surface area contributed by atoms with Gasteiger partial charge >= 0.3 is 0 Å². The van der Waals surface area contributed by atoms with Crippen LogP contribution in [0.2, 0.25) is 0 Å². The lowest BCUT2D eigenvalue weighted by atomic mass is 10.1. The number of aliphatic hydroxyl groups is 2. The number of hydrogen-bond donors (Lipinski definition) is 2. The number of nitrogens with zero attached hydrogens (tertiary/aromatic N) is 4. The number of imidazole rings is 1. The van der Waals surface area contributed by atoms with Crippen LogP contribution in [0.4, 0.5) is 8.78 Å². The maximum atomic E-state index is 13.9. The number of halogens is 2. The predicted octanol–water partition coefficient (Wildman–Crippen LogP) is 0.0206. The molecular weight excluding hydrogens is 274 g/mol. The third-order valence-electron chi connectivity index (χ3n) is 3.35. The molecule has 0 aliphatic carbocycles. The average Bonchev–Trinajstić information content (AvgIpc) is 2.96. The summed E-state index contributed by atoms with van der Waals surface area (Å²) in [5, 5.41) is 18.7. The maximum Gasteiger partial charge on any atom is 0.268 e. The van der Waals surface area contributed by atoms with Gasteiger partial charge in [-0.1, -0.05) is 0 Å². The Morgan fingerprint density at radius 3 is 2.85 bits per heavy atom. The van der Waals surface area contributed by atoms with Crippen molar-refractivity contribution in [3.63, 3.8) is 0 Å². The molecule has 108 valence electrons. The second-order valence-electron chi connectivity index (χ2n) is 4.63. The summed E-state index contributed by atoms with van der Waals surface area (Å²) in [6.07, 6.45) is -2.96. The number of ether oxygens (including phenoxy) is 1. The number of aliphatic hydroxyl groups excluding tert-OH is 2. The predicted molar refractivity (Wildman–Crippen MR) is 62.0 cm³/mol. The summed E-state index contributed by atoms with van der Waals surface area (Å²) in [5.41, 5.74) is 1.32. The van der Waals surface area contributed by atoms with E-state index in [4.69, 9.17) is 9.84 Å². The van der Waals surface area contributed by atoms with Crippen molar-refractivity contribution in [3.05, 3.63) is 18.3 Å². The van der Waals surface area contributed by atoms with Gasteiger partial charge in [-0.05, 0) is 6.92 Å². The molecule has 0 aromatic carbocycles. The van der Waals surface area contributed by atoms with Crippen molar-refractivity contribution >= 4 is 11.2 Å². The lowest BCUT2D eigenvalue weighted by molar-refractivity contribution is -0.195. The summed E-state index contributed by atoms with van der Waals surface area (Å²) in [6.45, 7) is 0.515. The van der Waals surface area contributed by atoms with E-state index >= 15 is 0 Å². The Balaban J connectivity index is 2.06. The van der Waals surface area contributed by atoms with Gasteiger partial charge in [0.2, 0.25) is 0 Å². The van der Waals surface area contributed by atoms with Crippen molar-refractivity contribution in [2.75, 3.05) is 6.61 Å². The molecule has 3 rings (SSSR count). The minimum atomic E-state index is -2.94. The van der Waals surface area contributed by atoms with E-state index in [1.807, 2.05) is 0 Å². The van der Waals surface area contributed by atoms with Crippen LogP contribution >= 0.6 is 0 Å². The zero-order chi connectivity index (χ0) is 14.5. The normalized spacial score (nSPS) is 34.0. The highest BCUT2D eigenvalue weighted by atomic mass is 19.2. The molecule has 0 radical (unpaired) electrons. The molecule has 0 amide bonds. The molecule has 1 aliphatic rings. The van der Waals surface area contributed by atoms with Crippen LogP contribution in [0.25, 0.3) is 11.2 Å². The molecular formula is C11H12F2N4O3. The van der Waals surface area contributed by atoms with E-state index in [1.54, 1.807) is 6.92 Å². The Morgan fingerprint density at radius 1 is 1.45 bits per heavy atom. The summed E-state index contributed by atoms with van der Waals surface area (Å²) >= 11 is 0. The quantitative estimate of drug-likeness (QED) is 0.808. The molecule has 0 spiro atoms.